The van der Waals surface area contributed by atoms with Crippen molar-refractivity contribution >= 4 is 0 Å². The first-order chi connectivity index (χ1) is 5.54. The minimum Gasteiger partial charge on any atom is -0.394 e. The van der Waals surface area contributed by atoms with E-state index in [9.17, 15) is 0 Å². The van der Waals surface area contributed by atoms with Gasteiger partial charge in [0.15, 0.2) is 0 Å². The minimum atomic E-state index is -1.67. The van der Waals surface area contributed by atoms with Crippen molar-refractivity contribution in [2.45, 2.75) is 24.4 Å². The van der Waals surface area contributed by atoms with Crippen LogP contribution < -0.4 is 0 Å². The van der Waals surface area contributed by atoms with E-state index >= 15 is 0 Å². The van der Waals surface area contributed by atoms with Gasteiger partial charge in [0, 0.05) is 0 Å². The molecule has 0 aliphatic carbocycles. The Labute approximate surface area is 69.3 Å². The zero-order valence-electron chi connectivity index (χ0n) is 6.41. The second-order valence-electron chi connectivity index (χ2n) is 2.48. The number of rotatable bonds is 5. The van der Waals surface area contributed by atoms with Gasteiger partial charge in [0.2, 0.25) is 0 Å². The Morgan fingerprint density at radius 3 is 1.08 bits per heavy atom. The molecule has 0 aromatic rings. The Morgan fingerprint density at radius 2 is 0.917 bits per heavy atom. The summed E-state index contributed by atoms with van der Waals surface area (Å²) in [6.07, 6.45) is -6.39. The quantitative estimate of drug-likeness (QED) is 0.261. The summed E-state index contributed by atoms with van der Waals surface area (Å²) in [6.45, 7) is -1.45. The topological polar surface area (TPSA) is 121 Å². The molecule has 6 N–H and O–H groups in total. The third-order valence-corrected chi connectivity index (χ3v) is 1.51. The van der Waals surface area contributed by atoms with Crippen molar-refractivity contribution in [1.82, 2.24) is 0 Å². The highest BCUT2D eigenvalue weighted by atomic mass is 16.4. The minimum absolute atomic E-state index is 0.726. The van der Waals surface area contributed by atoms with Crippen LogP contribution in [0.4, 0.5) is 0 Å². The van der Waals surface area contributed by atoms with Crippen LogP contribution in [0.1, 0.15) is 0 Å². The predicted molar refractivity (Wildman–Crippen MR) is 38.2 cm³/mol. The van der Waals surface area contributed by atoms with E-state index in [4.69, 9.17) is 30.6 Å². The van der Waals surface area contributed by atoms with Crippen molar-refractivity contribution < 1.29 is 30.6 Å². The molecule has 0 heterocycles. The molecule has 0 saturated heterocycles. The molecule has 6 nitrogen and oxygen atoms in total. The van der Waals surface area contributed by atoms with Crippen LogP contribution in [0, 0.1) is 0 Å². The summed E-state index contributed by atoms with van der Waals surface area (Å²) < 4.78 is 0. The van der Waals surface area contributed by atoms with Crippen LogP contribution in [0.5, 0.6) is 0 Å². The first-order valence-electron chi connectivity index (χ1n) is 3.48. The van der Waals surface area contributed by atoms with Gasteiger partial charge in [0.1, 0.15) is 24.4 Å². The first kappa shape index (κ1) is 11.8. The molecule has 0 aliphatic rings. The lowest BCUT2D eigenvalue weighted by Gasteiger charge is -2.24. The van der Waals surface area contributed by atoms with E-state index in [0.29, 0.717) is 0 Å². The molecule has 0 saturated carbocycles. The molecule has 74 valence electrons. The maximum atomic E-state index is 8.96. The predicted octanol–water partition coefficient (Wildman–Crippen LogP) is -3.59. The molecule has 0 spiro atoms. The highest BCUT2D eigenvalue weighted by Gasteiger charge is 2.29. The maximum Gasteiger partial charge on any atom is 0.111 e. The lowest BCUT2D eigenvalue weighted by molar-refractivity contribution is -0.123. The molecule has 0 rings (SSSR count). The van der Waals surface area contributed by atoms with E-state index in [0.717, 1.165) is 0 Å². The summed E-state index contributed by atoms with van der Waals surface area (Å²) in [5, 5.41) is 52.2. The highest BCUT2D eigenvalue weighted by molar-refractivity contribution is 4.79. The van der Waals surface area contributed by atoms with E-state index in [1.54, 1.807) is 0 Å². The fourth-order valence-corrected chi connectivity index (χ4v) is 0.671. The van der Waals surface area contributed by atoms with E-state index in [1.165, 1.54) is 0 Å². The molecule has 0 aromatic carbocycles. The van der Waals surface area contributed by atoms with Gasteiger partial charge in [0.05, 0.1) is 13.2 Å². The Morgan fingerprint density at radius 1 is 0.667 bits per heavy atom. The Balaban J connectivity index is 3.99. The monoisotopic (exact) mass is 181 g/mol. The number of aliphatic hydroxyl groups excluding tert-OH is 6. The summed E-state index contributed by atoms with van der Waals surface area (Å²) in [5.41, 5.74) is 0. The van der Waals surface area contributed by atoms with Gasteiger partial charge in [-0.15, -0.1) is 0 Å². The molecule has 4 atom stereocenters. The van der Waals surface area contributed by atoms with Gasteiger partial charge in [-0.1, -0.05) is 0 Å². The lowest BCUT2D eigenvalue weighted by Crippen LogP contribution is -2.46. The fourth-order valence-electron chi connectivity index (χ4n) is 0.671. The summed E-state index contributed by atoms with van der Waals surface area (Å²) in [5.74, 6) is 0. The zero-order valence-corrected chi connectivity index (χ0v) is 6.41. The van der Waals surface area contributed by atoms with E-state index in [-0.39, 0.29) is 0 Å². The summed E-state index contributed by atoms with van der Waals surface area (Å²) in [4.78, 5) is 0. The molecule has 0 bridgehead atoms. The average molecular weight is 181 g/mol. The molecular weight excluding hydrogens is 167 g/mol. The molecule has 0 radical (unpaired) electrons. The SMILES string of the molecule is OC[C@@H](O)[C@@H](O)[C@H](O)[C@@H](O)[11CH2]O. The second kappa shape index (κ2) is 5.41. The Hall–Kier alpha value is -0.240. The van der Waals surface area contributed by atoms with Crippen LogP contribution in [0.25, 0.3) is 0 Å². The summed E-state index contributed by atoms with van der Waals surface area (Å²) in [7, 11) is 0. The maximum absolute atomic E-state index is 8.96. The molecule has 0 unspecified atom stereocenters. The third-order valence-electron chi connectivity index (χ3n) is 1.51. The third kappa shape index (κ3) is 3.02. The molecule has 12 heavy (non-hydrogen) atoms. The lowest BCUT2D eigenvalue weighted by atomic mass is 9.91. The molecular formula is C6H14O6. The Bertz CT molecular complexity index is 105. The fraction of sp³-hybridized carbons (Fsp3) is 1.00. The average Bonchev–Trinajstić information content (AvgIpc) is 2.12. The first-order valence-corrected chi connectivity index (χ1v) is 3.48. The number of aliphatic hydroxyl groups is 6. The molecule has 0 aromatic heterocycles. The summed E-state index contributed by atoms with van der Waals surface area (Å²) >= 11 is 0. The van der Waals surface area contributed by atoms with Crippen LogP contribution in [0.3, 0.4) is 0 Å². The van der Waals surface area contributed by atoms with E-state index in [1.807, 2.05) is 0 Å². The second-order valence-corrected chi connectivity index (χ2v) is 2.48. The van der Waals surface area contributed by atoms with Crippen molar-refractivity contribution in [3.8, 4) is 0 Å². The number of hydrogen-bond acceptors (Lipinski definition) is 6. The molecule has 0 aliphatic heterocycles. The molecule has 0 amide bonds. The molecule has 0 fully saturated rings. The van der Waals surface area contributed by atoms with Crippen molar-refractivity contribution in [1.29, 1.82) is 0 Å². The van der Waals surface area contributed by atoms with Gasteiger partial charge >= 0.3 is 0 Å². The van der Waals surface area contributed by atoms with Crippen molar-refractivity contribution in [3.05, 3.63) is 0 Å². The van der Waals surface area contributed by atoms with Gasteiger partial charge in [-0.05, 0) is 0 Å². The van der Waals surface area contributed by atoms with Gasteiger partial charge < -0.3 is 30.6 Å². The smallest absolute Gasteiger partial charge is 0.111 e. The van der Waals surface area contributed by atoms with Gasteiger partial charge in [-0.25, -0.2) is 0 Å². The Kier molecular flexibility index (Phi) is 5.31. The normalized spacial score (nSPS) is 21.5. The van der Waals surface area contributed by atoms with Crippen molar-refractivity contribution in [3.63, 3.8) is 0 Å². The van der Waals surface area contributed by atoms with Gasteiger partial charge in [-0.3, -0.25) is 0 Å². The van der Waals surface area contributed by atoms with E-state index < -0.39 is 37.6 Å². The summed E-state index contributed by atoms with van der Waals surface area (Å²) in [6, 6.07) is 0. The highest BCUT2D eigenvalue weighted by Crippen LogP contribution is 2.03. The van der Waals surface area contributed by atoms with Crippen LogP contribution in [0.15, 0.2) is 0 Å². The van der Waals surface area contributed by atoms with E-state index in [2.05, 4.69) is 0 Å². The largest absolute Gasteiger partial charge is 0.394 e. The van der Waals surface area contributed by atoms with Crippen LogP contribution in [-0.2, 0) is 0 Å². The van der Waals surface area contributed by atoms with Crippen LogP contribution >= 0.6 is 0 Å². The van der Waals surface area contributed by atoms with Crippen molar-refractivity contribution in [2.75, 3.05) is 13.2 Å². The van der Waals surface area contributed by atoms with Crippen molar-refractivity contribution in [2.24, 2.45) is 0 Å². The van der Waals surface area contributed by atoms with Crippen LogP contribution in [-0.4, -0.2) is 68.3 Å². The van der Waals surface area contributed by atoms with Gasteiger partial charge in [-0.2, -0.15) is 0 Å². The number of hydrogen-bond donors (Lipinski definition) is 6. The van der Waals surface area contributed by atoms with Gasteiger partial charge in [0.25, 0.3) is 0 Å². The standard InChI is InChI=1S/C6H14O6/c7-1-3(9)5(11)6(12)4(10)2-8/h3-12H,1-2H2/t3-,4+,5-,6-/m1/s1/i1-1/t3-,4+,5+,6+/m0. The zero-order chi connectivity index (χ0) is 9.72. The van der Waals surface area contributed by atoms with Crippen LogP contribution in [0.2, 0.25) is 0 Å². The molecule has 6 heteroatoms.